The van der Waals surface area contributed by atoms with Crippen molar-refractivity contribution >= 4 is 0 Å². The molecule has 0 radical (unpaired) electrons. The molecule has 2 N–H and O–H groups in total. The predicted molar refractivity (Wildman–Crippen MR) is 66.4 cm³/mol. The highest BCUT2D eigenvalue weighted by atomic mass is 15.1. The Hall–Kier alpha value is -1.55. The van der Waals surface area contributed by atoms with Crippen molar-refractivity contribution in [2.45, 2.75) is 25.4 Å². The van der Waals surface area contributed by atoms with Crippen LogP contribution in [0.3, 0.4) is 0 Å². The van der Waals surface area contributed by atoms with Gasteiger partial charge in [0, 0.05) is 31.7 Å². The van der Waals surface area contributed by atoms with E-state index in [0.717, 1.165) is 6.54 Å². The maximum atomic E-state index is 6.19. The maximum Gasteiger partial charge on any atom is 0.0946 e. The second kappa shape index (κ2) is 4.04. The smallest absolute Gasteiger partial charge is 0.0946 e. The van der Waals surface area contributed by atoms with Crippen molar-refractivity contribution in [1.29, 1.82) is 0 Å². The first-order valence-corrected chi connectivity index (χ1v) is 6.10. The van der Waals surface area contributed by atoms with Gasteiger partial charge >= 0.3 is 0 Å². The molecule has 2 heterocycles. The molecule has 0 bridgehead atoms. The first-order valence-electron chi connectivity index (χ1n) is 6.10. The van der Waals surface area contributed by atoms with E-state index in [0.29, 0.717) is 5.92 Å². The minimum Gasteiger partial charge on any atom is -0.348 e. The van der Waals surface area contributed by atoms with Crippen LogP contribution < -0.4 is 5.73 Å². The predicted octanol–water partition coefficient (Wildman–Crippen LogP) is 1.68. The van der Waals surface area contributed by atoms with Crippen molar-refractivity contribution in [1.82, 2.24) is 14.1 Å². The van der Waals surface area contributed by atoms with Crippen molar-refractivity contribution in [3.8, 4) is 0 Å². The first-order chi connectivity index (χ1) is 8.24. The molecule has 1 aliphatic carbocycles. The molecule has 1 unspecified atom stereocenters. The molecule has 3 rings (SSSR count). The van der Waals surface area contributed by atoms with Gasteiger partial charge in [-0.05, 0) is 30.4 Å². The minimum absolute atomic E-state index is 0.225. The van der Waals surface area contributed by atoms with E-state index >= 15 is 0 Å². The van der Waals surface area contributed by atoms with Crippen LogP contribution in [0.4, 0.5) is 0 Å². The Labute approximate surface area is 101 Å². The number of rotatable bonds is 4. The van der Waals surface area contributed by atoms with Crippen LogP contribution in [0.25, 0.3) is 0 Å². The molecule has 0 spiro atoms. The minimum atomic E-state index is 0.225. The van der Waals surface area contributed by atoms with Crippen molar-refractivity contribution < 1.29 is 0 Å². The summed E-state index contributed by atoms with van der Waals surface area (Å²) in [4.78, 5) is 4.12. The van der Waals surface area contributed by atoms with E-state index in [-0.39, 0.29) is 6.04 Å². The molecule has 90 valence electrons. The lowest BCUT2D eigenvalue weighted by Gasteiger charge is -2.07. The summed E-state index contributed by atoms with van der Waals surface area (Å²) in [5, 5.41) is 0. The fourth-order valence-corrected chi connectivity index (χ4v) is 2.21. The van der Waals surface area contributed by atoms with Crippen molar-refractivity contribution in [2.24, 2.45) is 18.7 Å². The molecule has 1 fully saturated rings. The average molecular weight is 230 g/mol. The Morgan fingerprint density at radius 1 is 1.53 bits per heavy atom. The summed E-state index contributed by atoms with van der Waals surface area (Å²) in [5.74, 6) is 0.711. The van der Waals surface area contributed by atoms with Crippen molar-refractivity contribution in [2.75, 3.05) is 0 Å². The SMILES string of the molecule is Cn1cncc1Cn1ccc(C(N)C2CC2)c1. The third-order valence-electron chi connectivity index (χ3n) is 3.55. The van der Waals surface area contributed by atoms with Gasteiger partial charge in [0.25, 0.3) is 0 Å². The van der Waals surface area contributed by atoms with E-state index in [1.807, 2.05) is 24.1 Å². The van der Waals surface area contributed by atoms with Gasteiger partial charge in [0.15, 0.2) is 0 Å². The van der Waals surface area contributed by atoms with Crippen LogP contribution in [0.1, 0.15) is 30.1 Å². The largest absolute Gasteiger partial charge is 0.348 e. The lowest BCUT2D eigenvalue weighted by atomic mass is 10.1. The van der Waals surface area contributed by atoms with Crippen LogP contribution in [0.5, 0.6) is 0 Å². The van der Waals surface area contributed by atoms with Gasteiger partial charge < -0.3 is 14.9 Å². The number of aryl methyl sites for hydroxylation is 1. The molecule has 4 heteroatoms. The molecule has 2 aromatic rings. The van der Waals surface area contributed by atoms with E-state index in [2.05, 4.69) is 28.0 Å². The van der Waals surface area contributed by atoms with E-state index in [4.69, 9.17) is 5.73 Å². The normalized spacial score (nSPS) is 17.3. The molecule has 0 aliphatic heterocycles. The van der Waals surface area contributed by atoms with Gasteiger partial charge in [0.05, 0.1) is 18.6 Å². The third-order valence-corrected chi connectivity index (χ3v) is 3.55. The fraction of sp³-hybridized carbons (Fsp3) is 0.462. The summed E-state index contributed by atoms with van der Waals surface area (Å²) in [5.41, 5.74) is 8.65. The van der Waals surface area contributed by atoms with E-state index in [1.54, 1.807) is 0 Å². The zero-order valence-corrected chi connectivity index (χ0v) is 10.1. The second-order valence-electron chi connectivity index (χ2n) is 4.98. The Bertz CT molecular complexity index is 507. The highest BCUT2D eigenvalue weighted by Crippen LogP contribution is 2.39. The van der Waals surface area contributed by atoms with E-state index in [9.17, 15) is 0 Å². The summed E-state index contributed by atoms with van der Waals surface area (Å²) in [6.07, 6.45) is 10.6. The van der Waals surface area contributed by atoms with Crippen molar-refractivity contribution in [3.63, 3.8) is 0 Å². The zero-order valence-electron chi connectivity index (χ0n) is 10.1. The molecular weight excluding hydrogens is 212 g/mol. The highest BCUT2D eigenvalue weighted by molar-refractivity contribution is 5.18. The molecule has 0 amide bonds. The van der Waals surface area contributed by atoms with Crippen LogP contribution >= 0.6 is 0 Å². The van der Waals surface area contributed by atoms with Crippen LogP contribution in [0.2, 0.25) is 0 Å². The van der Waals surface area contributed by atoms with Gasteiger partial charge in [-0.3, -0.25) is 0 Å². The topological polar surface area (TPSA) is 48.8 Å². The summed E-state index contributed by atoms with van der Waals surface area (Å²) in [6.45, 7) is 0.855. The Morgan fingerprint density at radius 3 is 3.00 bits per heavy atom. The highest BCUT2D eigenvalue weighted by Gasteiger charge is 2.29. The number of hydrogen-bond donors (Lipinski definition) is 1. The lowest BCUT2D eigenvalue weighted by Crippen LogP contribution is -2.11. The molecule has 0 saturated heterocycles. The van der Waals surface area contributed by atoms with Gasteiger partial charge in [0.2, 0.25) is 0 Å². The quantitative estimate of drug-likeness (QED) is 0.868. The molecule has 0 aromatic carbocycles. The number of nitrogens with two attached hydrogens (primary N) is 1. The Balaban J connectivity index is 1.74. The van der Waals surface area contributed by atoms with Gasteiger partial charge in [-0.1, -0.05) is 0 Å². The van der Waals surface area contributed by atoms with E-state index < -0.39 is 0 Å². The number of nitrogens with zero attached hydrogens (tertiary/aromatic N) is 3. The molecule has 2 aromatic heterocycles. The summed E-state index contributed by atoms with van der Waals surface area (Å²) >= 11 is 0. The second-order valence-corrected chi connectivity index (χ2v) is 4.98. The zero-order chi connectivity index (χ0) is 11.8. The summed E-state index contributed by atoms with van der Waals surface area (Å²) < 4.78 is 4.22. The maximum absolute atomic E-state index is 6.19. The monoisotopic (exact) mass is 230 g/mol. The molecule has 4 nitrogen and oxygen atoms in total. The Morgan fingerprint density at radius 2 is 2.35 bits per heavy atom. The molecular formula is C13H18N4. The van der Waals surface area contributed by atoms with Gasteiger partial charge in [-0.2, -0.15) is 0 Å². The van der Waals surface area contributed by atoms with Crippen LogP contribution in [-0.2, 0) is 13.6 Å². The number of aromatic nitrogens is 3. The van der Waals surface area contributed by atoms with Crippen molar-refractivity contribution in [3.05, 3.63) is 42.2 Å². The van der Waals surface area contributed by atoms with Crippen LogP contribution in [0, 0.1) is 5.92 Å². The third kappa shape index (κ3) is 2.13. The van der Waals surface area contributed by atoms with Gasteiger partial charge in [-0.15, -0.1) is 0 Å². The fourth-order valence-electron chi connectivity index (χ4n) is 2.21. The Kier molecular flexibility index (Phi) is 2.52. The molecule has 1 saturated carbocycles. The molecule has 17 heavy (non-hydrogen) atoms. The standard InChI is InChI=1S/C13H18N4/c1-16-9-15-6-12(16)8-17-5-4-11(7-17)13(14)10-2-3-10/h4-7,9-10,13H,2-3,8,14H2,1H3. The summed E-state index contributed by atoms with van der Waals surface area (Å²) in [7, 11) is 2.02. The lowest BCUT2D eigenvalue weighted by molar-refractivity contribution is 0.629. The molecule has 1 atom stereocenters. The van der Waals surface area contributed by atoms with Crippen LogP contribution in [-0.4, -0.2) is 14.1 Å². The average Bonchev–Trinajstić information content (AvgIpc) is 2.95. The molecule has 1 aliphatic rings. The first kappa shape index (κ1) is 10.6. The number of hydrogen-bond acceptors (Lipinski definition) is 2. The van der Waals surface area contributed by atoms with E-state index in [1.165, 1.54) is 24.1 Å². The van der Waals surface area contributed by atoms with Gasteiger partial charge in [-0.25, -0.2) is 4.98 Å². The summed E-state index contributed by atoms with van der Waals surface area (Å²) in [6, 6.07) is 2.36. The van der Waals surface area contributed by atoms with Crippen LogP contribution in [0.15, 0.2) is 31.0 Å². The van der Waals surface area contributed by atoms with Gasteiger partial charge in [0.1, 0.15) is 0 Å². The number of imidazole rings is 1.